The van der Waals surface area contributed by atoms with E-state index in [1.54, 1.807) is 31.5 Å². The first-order chi connectivity index (χ1) is 12.6. The van der Waals surface area contributed by atoms with Gasteiger partial charge in [-0.1, -0.05) is 23.7 Å². The summed E-state index contributed by atoms with van der Waals surface area (Å²) in [4.78, 5) is 16.9. The van der Waals surface area contributed by atoms with Crippen LogP contribution in [0.4, 0.5) is 0 Å². The van der Waals surface area contributed by atoms with Gasteiger partial charge in [0.1, 0.15) is 0 Å². The van der Waals surface area contributed by atoms with Gasteiger partial charge in [0.15, 0.2) is 5.76 Å². The molecule has 2 aromatic carbocycles. The number of ether oxygens (including phenoxy) is 1. The van der Waals surface area contributed by atoms with Crippen LogP contribution in [0.1, 0.15) is 17.3 Å². The Morgan fingerprint density at radius 3 is 2.69 bits per heavy atom. The van der Waals surface area contributed by atoms with E-state index >= 15 is 0 Å². The SMILES string of the molecule is COC[C@H](C)NC(=O)c1ccccc1-c1ncc(-c2ccc(Cl)cc2)o1. The number of nitrogens with zero attached hydrogens (tertiary/aromatic N) is 1. The summed E-state index contributed by atoms with van der Waals surface area (Å²) in [5, 5.41) is 3.56. The Bertz CT molecular complexity index is 890. The Hall–Kier alpha value is -2.63. The molecule has 3 aromatic rings. The van der Waals surface area contributed by atoms with Crippen molar-refractivity contribution in [2.75, 3.05) is 13.7 Å². The molecule has 0 aliphatic carbocycles. The van der Waals surface area contributed by atoms with Crippen molar-refractivity contribution >= 4 is 17.5 Å². The highest BCUT2D eigenvalue weighted by atomic mass is 35.5. The second-order valence-corrected chi connectivity index (χ2v) is 6.35. The lowest BCUT2D eigenvalue weighted by molar-refractivity contribution is 0.0906. The van der Waals surface area contributed by atoms with Crippen LogP contribution >= 0.6 is 11.6 Å². The van der Waals surface area contributed by atoms with Crippen LogP contribution in [0.25, 0.3) is 22.8 Å². The van der Waals surface area contributed by atoms with Crippen LogP contribution < -0.4 is 5.32 Å². The highest BCUT2D eigenvalue weighted by molar-refractivity contribution is 6.30. The molecule has 134 valence electrons. The lowest BCUT2D eigenvalue weighted by atomic mass is 10.1. The summed E-state index contributed by atoms with van der Waals surface area (Å²) >= 11 is 5.92. The van der Waals surface area contributed by atoms with Gasteiger partial charge in [0.2, 0.25) is 5.89 Å². The van der Waals surface area contributed by atoms with Crippen LogP contribution in [-0.2, 0) is 4.74 Å². The first-order valence-corrected chi connectivity index (χ1v) is 8.57. The minimum Gasteiger partial charge on any atom is -0.436 e. The number of hydrogen-bond acceptors (Lipinski definition) is 4. The summed E-state index contributed by atoms with van der Waals surface area (Å²) in [5.74, 6) is 0.802. The molecule has 1 heterocycles. The van der Waals surface area contributed by atoms with Crippen molar-refractivity contribution < 1.29 is 13.9 Å². The maximum absolute atomic E-state index is 12.6. The van der Waals surface area contributed by atoms with Crippen LogP contribution in [-0.4, -0.2) is 30.6 Å². The third kappa shape index (κ3) is 4.12. The molecule has 0 aliphatic heterocycles. The quantitative estimate of drug-likeness (QED) is 0.697. The molecule has 1 amide bonds. The zero-order valence-electron chi connectivity index (χ0n) is 14.5. The highest BCUT2D eigenvalue weighted by Gasteiger charge is 2.18. The largest absolute Gasteiger partial charge is 0.436 e. The maximum Gasteiger partial charge on any atom is 0.252 e. The number of nitrogens with one attached hydrogen (secondary N) is 1. The van der Waals surface area contributed by atoms with Gasteiger partial charge in [0.05, 0.1) is 18.4 Å². The summed E-state index contributed by atoms with van der Waals surface area (Å²) in [5.41, 5.74) is 2.00. The van der Waals surface area contributed by atoms with Crippen molar-refractivity contribution in [2.45, 2.75) is 13.0 Å². The zero-order chi connectivity index (χ0) is 18.5. The van der Waals surface area contributed by atoms with Gasteiger partial charge in [-0.3, -0.25) is 4.79 Å². The molecule has 1 aromatic heterocycles. The standard InChI is InChI=1S/C20H19ClN2O3/c1-13(12-25-2)23-19(24)16-5-3-4-6-17(16)20-22-11-18(26-20)14-7-9-15(21)10-8-14/h3-11,13H,12H2,1-2H3,(H,23,24)/t13-/m0/s1. The second kappa shape index (κ2) is 8.17. The lowest BCUT2D eigenvalue weighted by Crippen LogP contribution is -2.35. The van der Waals surface area contributed by atoms with E-state index < -0.39 is 0 Å². The van der Waals surface area contributed by atoms with Crippen LogP contribution in [0.5, 0.6) is 0 Å². The number of carbonyl (C=O) groups excluding carboxylic acids is 1. The van der Waals surface area contributed by atoms with Crippen LogP contribution in [0.15, 0.2) is 59.1 Å². The number of carbonyl (C=O) groups is 1. The van der Waals surface area contributed by atoms with Crippen molar-refractivity contribution in [3.8, 4) is 22.8 Å². The average molecular weight is 371 g/mol. The van der Waals surface area contributed by atoms with Crippen molar-refractivity contribution in [3.05, 3.63) is 65.3 Å². The highest BCUT2D eigenvalue weighted by Crippen LogP contribution is 2.28. The topological polar surface area (TPSA) is 64.4 Å². The molecule has 0 unspecified atom stereocenters. The molecular weight excluding hydrogens is 352 g/mol. The van der Waals surface area contributed by atoms with Gasteiger partial charge in [-0.15, -0.1) is 0 Å². The number of amides is 1. The second-order valence-electron chi connectivity index (χ2n) is 5.91. The fraction of sp³-hybridized carbons (Fsp3) is 0.200. The molecule has 26 heavy (non-hydrogen) atoms. The van der Waals surface area contributed by atoms with Crippen molar-refractivity contribution in [3.63, 3.8) is 0 Å². The van der Waals surface area contributed by atoms with Crippen LogP contribution in [0, 0.1) is 0 Å². The molecule has 1 N–H and O–H groups in total. The van der Waals surface area contributed by atoms with Gasteiger partial charge < -0.3 is 14.5 Å². The summed E-state index contributed by atoms with van der Waals surface area (Å²) in [6.07, 6.45) is 1.64. The van der Waals surface area contributed by atoms with E-state index in [0.29, 0.717) is 34.4 Å². The molecule has 0 bridgehead atoms. The Morgan fingerprint density at radius 2 is 1.96 bits per heavy atom. The zero-order valence-corrected chi connectivity index (χ0v) is 15.3. The number of benzene rings is 2. The number of oxazole rings is 1. The van der Waals surface area contributed by atoms with Gasteiger partial charge >= 0.3 is 0 Å². The molecule has 3 rings (SSSR count). The van der Waals surface area contributed by atoms with Crippen molar-refractivity contribution in [1.82, 2.24) is 10.3 Å². The van der Waals surface area contributed by atoms with Crippen molar-refractivity contribution in [1.29, 1.82) is 0 Å². The Balaban J connectivity index is 1.88. The molecule has 0 aliphatic rings. The van der Waals surface area contributed by atoms with E-state index in [1.807, 2.05) is 37.3 Å². The van der Waals surface area contributed by atoms with Crippen molar-refractivity contribution in [2.24, 2.45) is 0 Å². The van der Waals surface area contributed by atoms with Gasteiger partial charge in [0, 0.05) is 29.3 Å². The van der Waals surface area contributed by atoms with Gasteiger partial charge in [0.25, 0.3) is 5.91 Å². The molecule has 0 saturated carbocycles. The van der Waals surface area contributed by atoms with Gasteiger partial charge in [-0.05, 0) is 43.3 Å². The van der Waals surface area contributed by atoms with E-state index in [1.165, 1.54) is 0 Å². The molecule has 0 radical (unpaired) electrons. The molecule has 0 spiro atoms. The number of rotatable bonds is 6. The third-order valence-corrected chi connectivity index (χ3v) is 4.08. The van der Waals surface area contributed by atoms with Gasteiger partial charge in [-0.25, -0.2) is 4.98 Å². The van der Waals surface area contributed by atoms with E-state index in [9.17, 15) is 4.79 Å². The fourth-order valence-electron chi connectivity index (χ4n) is 2.61. The van der Waals surface area contributed by atoms with Crippen LogP contribution in [0.3, 0.4) is 0 Å². The van der Waals surface area contributed by atoms with E-state index in [2.05, 4.69) is 10.3 Å². The Labute approximate surface area is 157 Å². The van der Waals surface area contributed by atoms with E-state index in [4.69, 9.17) is 20.8 Å². The first-order valence-electron chi connectivity index (χ1n) is 8.19. The normalized spacial score (nSPS) is 12.0. The molecule has 5 nitrogen and oxygen atoms in total. The predicted octanol–water partition coefficient (Wildman–Crippen LogP) is 4.43. The van der Waals surface area contributed by atoms with E-state index in [-0.39, 0.29) is 11.9 Å². The number of hydrogen-bond donors (Lipinski definition) is 1. The summed E-state index contributed by atoms with van der Waals surface area (Å²) in [7, 11) is 1.60. The number of halogens is 1. The van der Waals surface area contributed by atoms with E-state index in [0.717, 1.165) is 5.56 Å². The summed E-state index contributed by atoms with van der Waals surface area (Å²) in [6.45, 7) is 2.32. The molecule has 6 heteroatoms. The average Bonchev–Trinajstić information content (AvgIpc) is 3.12. The summed E-state index contributed by atoms with van der Waals surface area (Å²) < 4.78 is 10.9. The third-order valence-electron chi connectivity index (χ3n) is 3.83. The summed E-state index contributed by atoms with van der Waals surface area (Å²) in [6, 6.07) is 14.4. The molecule has 1 atom stereocenters. The predicted molar refractivity (Wildman–Crippen MR) is 101 cm³/mol. The van der Waals surface area contributed by atoms with Gasteiger partial charge in [-0.2, -0.15) is 0 Å². The Morgan fingerprint density at radius 1 is 1.23 bits per heavy atom. The number of methoxy groups -OCH3 is 1. The minimum absolute atomic E-state index is 0.102. The molecule has 0 fully saturated rings. The number of aromatic nitrogens is 1. The van der Waals surface area contributed by atoms with Crippen LogP contribution in [0.2, 0.25) is 5.02 Å². The minimum atomic E-state index is -0.198. The molecular formula is C20H19ClN2O3. The Kier molecular flexibility index (Phi) is 5.71. The fourth-order valence-corrected chi connectivity index (χ4v) is 2.73. The molecule has 0 saturated heterocycles. The maximum atomic E-state index is 12.6. The smallest absolute Gasteiger partial charge is 0.252 e. The lowest BCUT2D eigenvalue weighted by Gasteiger charge is -2.14. The first kappa shape index (κ1) is 18.2. The monoisotopic (exact) mass is 370 g/mol.